The van der Waals surface area contributed by atoms with Gasteiger partial charge in [-0.05, 0) is 24.3 Å². The lowest BCUT2D eigenvalue weighted by atomic mass is 10.1. The summed E-state index contributed by atoms with van der Waals surface area (Å²) >= 11 is 0. The predicted octanol–water partition coefficient (Wildman–Crippen LogP) is 0.0840. The topological polar surface area (TPSA) is 107 Å². The third-order valence-electron chi connectivity index (χ3n) is 2.30. The van der Waals surface area contributed by atoms with Crippen LogP contribution in [0.2, 0.25) is 0 Å². The number of nitrogens with one attached hydrogen (secondary N) is 1. The fraction of sp³-hybridized carbons (Fsp3) is 0.333. The summed E-state index contributed by atoms with van der Waals surface area (Å²) in [5.41, 5.74) is 11.0. The van der Waals surface area contributed by atoms with Crippen LogP contribution in [0, 0.1) is 5.92 Å². The van der Waals surface area contributed by atoms with E-state index in [0.717, 1.165) is 0 Å². The monoisotopic (exact) mass is 251 g/mol. The van der Waals surface area contributed by atoms with Crippen molar-refractivity contribution in [2.75, 3.05) is 18.5 Å². The van der Waals surface area contributed by atoms with E-state index >= 15 is 0 Å². The summed E-state index contributed by atoms with van der Waals surface area (Å²) in [5.74, 6) is -0.401. The highest BCUT2D eigenvalue weighted by atomic mass is 16.5. The molecule has 2 amide bonds. The number of amides is 2. The summed E-state index contributed by atoms with van der Waals surface area (Å²) < 4.78 is 5.09. The van der Waals surface area contributed by atoms with Crippen LogP contribution in [0.5, 0.6) is 5.75 Å². The number of hydrogen-bond donors (Lipinski definition) is 3. The molecule has 1 aromatic rings. The maximum Gasteiger partial charge on any atom is 0.255 e. The molecule has 1 unspecified atom stereocenters. The van der Waals surface area contributed by atoms with E-state index in [9.17, 15) is 9.59 Å². The van der Waals surface area contributed by atoms with Crippen LogP contribution >= 0.6 is 0 Å². The van der Waals surface area contributed by atoms with Crippen molar-refractivity contribution < 1.29 is 14.3 Å². The highest BCUT2D eigenvalue weighted by Crippen LogP contribution is 2.16. The Morgan fingerprint density at radius 2 is 1.94 bits per heavy atom. The van der Waals surface area contributed by atoms with Gasteiger partial charge in [-0.1, -0.05) is 6.92 Å². The highest BCUT2D eigenvalue weighted by molar-refractivity contribution is 5.92. The minimum absolute atomic E-state index is 0.136. The zero-order valence-corrected chi connectivity index (χ0v) is 10.2. The van der Waals surface area contributed by atoms with Crippen LogP contribution in [-0.2, 0) is 9.59 Å². The number of rotatable bonds is 6. The first kappa shape index (κ1) is 14.0. The van der Waals surface area contributed by atoms with E-state index < -0.39 is 5.91 Å². The van der Waals surface area contributed by atoms with Gasteiger partial charge in [0.25, 0.3) is 5.91 Å². The molecule has 0 fully saturated rings. The van der Waals surface area contributed by atoms with Crippen molar-refractivity contribution in [3.05, 3.63) is 24.3 Å². The molecule has 0 heterocycles. The third-order valence-corrected chi connectivity index (χ3v) is 2.30. The Hall–Kier alpha value is -2.08. The van der Waals surface area contributed by atoms with E-state index in [2.05, 4.69) is 5.32 Å². The molecule has 0 bridgehead atoms. The van der Waals surface area contributed by atoms with Gasteiger partial charge in [0.05, 0.1) is 0 Å². The zero-order chi connectivity index (χ0) is 13.5. The van der Waals surface area contributed by atoms with E-state index in [1.54, 1.807) is 31.2 Å². The summed E-state index contributed by atoms with van der Waals surface area (Å²) in [7, 11) is 0. The van der Waals surface area contributed by atoms with Gasteiger partial charge in [-0.3, -0.25) is 9.59 Å². The number of carbonyl (C=O) groups excluding carboxylic acids is 2. The normalized spacial score (nSPS) is 11.7. The molecule has 5 N–H and O–H groups in total. The zero-order valence-electron chi connectivity index (χ0n) is 10.2. The molecule has 1 atom stereocenters. The minimum Gasteiger partial charge on any atom is -0.484 e. The molecule has 0 saturated heterocycles. The van der Waals surface area contributed by atoms with Gasteiger partial charge in [0.2, 0.25) is 5.91 Å². The second-order valence-corrected chi connectivity index (χ2v) is 3.91. The smallest absolute Gasteiger partial charge is 0.255 e. The molecule has 1 aromatic carbocycles. The van der Waals surface area contributed by atoms with Crippen molar-refractivity contribution in [1.29, 1.82) is 0 Å². The summed E-state index contributed by atoms with van der Waals surface area (Å²) in [6, 6.07) is 6.65. The SMILES string of the molecule is CC(CN)C(=O)Nc1ccc(OCC(N)=O)cc1. The molecule has 6 heteroatoms. The lowest BCUT2D eigenvalue weighted by Gasteiger charge is -2.10. The number of nitrogens with two attached hydrogens (primary N) is 2. The number of primary amides is 1. The van der Waals surface area contributed by atoms with Crippen LogP contribution in [0.1, 0.15) is 6.92 Å². The molecule has 0 aliphatic carbocycles. The van der Waals surface area contributed by atoms with Gasteiger partial charge in [0.15, 0.2) is 6.61 Å². The fourth-order valence-corrected chi connectivity index (χ4v) is 1.16. The summed E-state index contributed by atoms with van der Waals surface area (Å²) in [5, 5.41) is 2.72. The Kier molecular flexibility index (Phi) is 5.13. The van der Waals surface area contributed by atoms with Gasteiger partial charge in [-0.25, -0.2) is 0 Å². The molecule has 6 nitrogen and oxygen atoms in total. The Labute approximate surface area is 105 Å². The standard InChI is InChI=1S/C12H17N3O3/c1-8(6-13)12(17)15-9-2-4-10(5-3-9)18-7-11(14)16/h2-5,8H,6-7,13H2,1H3,(H2,14,16)(H,15,17). The summed E-state index contributed by atoms with van der Waals surface area (Å²) in [6.45, 7) is 1.88. The quantitative estimate of drug-likeness (QED) is 0.665. The first-order valence-electron chi connectivity index (χ1n) is 5.55. The molecule has 18 heavy (non-hydrogen) atoms. The largest absolute Gasteiger partial charge is 0.484 e. The van der Waals surface area contributed by atoms with Crippen LogP contribution in [0.15, 0.2) is 24.3 Å². The number of anilines is 1. The first-order valence-corrected chi connectivity index (χ1v) is 5.55. The predicted molar refractivity (Wildman–Crippen MR) is 68.0 cm³/mol. The average molecular weight is 251 g/mol. The minimum atomic E-state index is -0.538. The van der Waals surface area contributed by atoms with Crippen LogP contribution in [0.3, 0.4) is 0 Å². The molecule has 0 aliphatic rings. The van der Waals surface area contributed by atoms with Crippen LogP contribution < -0.4 is 21.5 Å². The molecule has 1 rings (SSSR count). The summed E-state index contributed by atoms with van der Waals surface area (Å²) in [6.07, 6.45) is 0. The molecule has 0 aliphatic heterocycles. The maximum atomic E-state index is 11.6. The number of ether oxygens (including phenoxy) is 1. The van der Waals surface area contributed by atoms with Crippen molar-refractivity contribution in [2.24, 2.45) is 17.4 Å². The van der Waals surface area contributed by atoms with Gasteiger partial charge in [0.1, 0.15) is 5.75 Å². The first-order chi connectivity index (χ1) is 8.52. The van der Waals surface area contributed by atoms with E-state index in [-0.39, 0.29) is 18.4 Å². The number of carbonyl (C=O) groups is 2. The lowest BCUT2D eigenvalue weighted by molar-refractivity contribution is -0.120. The fourth-order valence-electron chi connectivity index (χ4n) is 1.16. The Balaban J connectivity index is 2.55. The van der Waals surface area contributed by atoms with Gasteiger partial charge in [-0.15, -0.1) is 0 Å². The molecule has 98 valence electrons. The second kappa shape index (κ2) is 6.61. The van der Waals surface area contributed by atoms with Crippen molar-refractivity contribution in [2.45, 2.75) is 6.92 Å². The third kappa shape index (κ3) is 4.42. The van der Waals surface area contributed by atoms with Crippen LogP contribution in [-0.4, -0.2) is 25.0 Å². The van der Waals surface area contributed by atoms with E-state index in [4.69, 9.17) is 16.2 Å². The van der Waals surface area contributed by atoms with Gasteiger partial charge in [0, 0.05) is 18.2 Å². The van der Waals surface area contributed by atoms with Crippen molar-refractivity contribution in [3.63, 3.8) is 0 Å². The second-order valence-electron chi connectivity index (χ2n) is 3.91. The van der Waals surface area contributed by atoms with Crippen LogP contribution in [0.25, 0.3) is 0 Å². The molecular weight excluding hydrogens is 234 g/mol. The Bertz CT molecular complexity index is 417. The average Bonchev–Trinajstić information content (AvgIpc) is 2.36. The van der Waals surface area contributed by atoms with Crippen molar-refractivity contribution in [1.82, 2.24) is 0 Å². The van der Waals surface area contributed by atoms with Gasteiger partial charge in [-0.2, -0.15) is 0 Å². The molecule has 0 aromatic heterocycles. The summed E-state index contributed by atoms with van der Waals surface area (Å²) in [4.78, 5) is 22.1. The van der Waals surface area contributed by atoms with Crippen molar-refractivity contribution >= 4 is 17.5 Å². The molecule has 0 spiro atoms. The lowest BCUT2D eigenvalue weighted by Crippen LogP contribution is -2.26. The highest BCUT2D eigenvalue weighted by Gasteiger charge is 2.10. The van der Waals surface area contributed by atoms with E-state index in [1.807, 2.05) is 0 Å². The van der Waals surface area contributed by atoms with Gasteiger partial charge < -0.3 is 21.5 Å². The Morgan fingerprint density at radius 3 is 2.44 bits per heavy atom. The number of benzene rings is 1. The van der Waals surface area contributed by atoms with Crippen LogP contribution in [0.4, 0.5) is 5.69 Å². The van der Waals surface area contributed by atoms with Gasteiger partial charge >= 0.3 is 0 Å². The maximum absolute atomic E-state index is 11.6. The van der Waals surface area contributed by atoms with E-state index in [1.165, 1.54) is 0 Å². The molecular formula is C12H17N3O3. The molecule has 0 saturated carbocycles. The van der Waals surface area contributed by atoms with E-state index in [0.29, 0.717) is 18.0 Å². The van der Waals surface area contributed by atoms with Crippen molar-refractivity contribution in [3.8, 4) is 5.75 Å². The Morgan fingerprint density at radius 1 is 1.33 bits per heavy atom. The molecule has 0 radical (unpaired) electrons. The number of hydrogen-bond acceptors (Lipinski definition) is 4.